The average molecular weight is 508 g/mol. The van der Waals surface area contributed by atoms with Gasteiger partial charge in [-0.2, -0.15) is 0 Å². The van der Waals surface area contributed by atoms with E-state index >= 15 is 0 Å². The summed E-state index contributed by atoms with van der Waals surface area (Å²) in [6.07, 6.45) is 0.0524. The van der Waals surface area contributed by atoms with Crippen molar-refractivity contribution in [3.05, 3.63) is 50.8 Å². The summed E-state index contributed by atoms with van der Waals surface area (Å²) < 4.78 is 23.5. The van der Waals surface area contributed by atoms with Gasteiger partial charge in [-0.05, 0) is 24.1 Å². The predicted octanol–water partition coefficient (Wildman–Crippen LogP) is 0.357. The first-order valence-corrected chi connectivity index (χ1v) is 11.8. The van der Waals surface area contributed by atoms with Crippen LogP contribution in [0.4, 0.5) is 0 Å². The molecular weight excluding hydrogens is 484 g/mol. The topological polar surface area (TPSA) is 164 Å². The molecule has 0 aliphatic carbocycles. The summed E-state index contributed by atoms with van der Waals surface area (Å²) in [6.45, 7) is 1.65. The molecule has 0 fully saturated rings. The molecule has 37 heavy (non-hydrogen) atoms. The SMILES string of the molecule is CC[C@@]1(O)C(=O)OCc2c1cc1n(c2=O)Cc2c-1nc1cc3c(cc1c2COCNC(=O)CN)OCO3. The Kier molecular flexibility index (Phi) is 5.40. The van der Waals surface area contributed by atoms with Crippen LogP contribution in [-0.4, -0.2) is 46.6 Å². The van der Waals surface area contributed by atoms with E-state index in [0.29, 0.717) is 28.4 Å². The number of pyridine rings is 2. The summed E-state index contributed by atoms with van der Waals surface area (Å²) in [5, 5.41) is 14.4. The summed E-state index contributed by atoms with van der Waals surface area (Å²) in [7, 11) is 0. The van der Waals surface area contributed by atoms with Crippen molar-refractivity contribution in [1.82, 2.24) is 14.9 Å². The molecule has 12 nitrogen and oxygen atoms in total. The largest absolute Gasteiger partial charge is 0.458 e. The Balaban J connectivity index is 1.51. The van der Waals surface area contributed by atoms with Gasteiger partial charge < -0.3 is 39.7 Å². The molecule has 4 N–H and O–H groups in total. The van der Waals surface area contributed by atoms with E-state index in [9.17, 15) is 19.5 Å². The number of amides is 1. The lowest BCUT2D eigenvalue weighted by Crippen LogP contribution is -2.44. The van der Waals surface area contributed by atoms with Crippen molar-refractivity contribution in [3.63, 3.8) is 0 Å². The van der Waals surface area contributed by atoms with Crippen LogP contribution in [0.3, 0.4) is 0 Å². The van der Waals surface area contributed by atoms with Crippen molar-refractivity contribution >= 4 is 22.8 Å². The number of benzene rings is 1. The fourth-order valence-corrected chi connectivity index (χ4v) is 5.07. The Labute approximate surface area is 209 Å². The van der Waals surface area contributed by atoms with Gasteiger partial charge in [-0.15, -0.1) is 0 Å². The van der Waals surface area contributed by atoms with Gasteiger partial charge in [-0.1, -0.05) is 6.92 Å². The third-order valence-corrected chi connectivity index (χ3v) is 7.10. The van der Waals surface area contributed by atoms with E-state index in [2.05, 4.69) is 5.32 Å². The first kappa shape index (κ1) is 23.4. The van der Waals surface area contributed by atoms with Crippen LogP contribution in [0.25, 0.3) is 22.3 Å². The number of aromatic nitrogens is 2. The van der Waals surface area contributed by atoms with E-state index < -0.39 is 11.6 Å². The molecule has 1 aromatic carbocycles. The quantitative estimate of drug-likeness (QED) is 0.188. The fourth-order valence-electron chi connectivity index (χ4n) is 5.07. The van der Waals surface area contributed by atoms with Crippen molar-refractivity contribution in [2.24, 2.45) is 5.73 Å². The first-order chi connectivity index (χ1) is 17.9. The molecule has 192 valence electrons. The van der Waals surface area contributed by atoms with Crippen molar-refractivity contribution in [2.45, 2.75) is 38.7 Å². The van der Waals surface area contributed by atoms with Crippen LogP contribution in [0.2, 0.25) is 0 Å². The maximum atomic E-state index is 13.5. The molecule has 0 saturated carbocycles. The third-order valence-electron chi connectivity index (χ3n) is 7.10. The highest BCUT2D eigenvalue weighted by Crippen LogP contribution is 2.43. The molecule has 0 bridgehead atoms. The number of fused-ring (bicyclic) bond motifs is 6. The fraction of sp³-hybridized carbons (Fsp3) is 0.360. The van der Waals surface area contributed by atoms with Gasteiger partial charge in [-0.25, -0.2) is 9.78 Å². The van der Waals surface area contributed by atoms with Crippen LogP contribution in [0.1, 0.15) is 35.6 Å². The van der Waals surface area contributed by atoms with Gasteiger partial charge >= 0.3 is 5.97 Å². The number of carbonyl (C=O) groups excluding carboxylic acids is 2. The highest BCUT2D eigenvalue weighted by Gasteiger charge is 2.45. The Hall–Kier alpha value is -4.00. The Bertz CT molecular complexity index is 1550. The van der Waals surface area contributed by atoms with Gasteiger partial charge in [0.05, 0.1) is 42.2 Å². The number of nitrogens with two attached hydrogens (primary N) is 1. The van der Waals surface area contributed by atoms with Crippen LogP contribution >= 0.6 is 0 Å². The first-order valence-electron chi connectivity index (χ1n) is 11.8. The Morgan fingerprint density at radius 1 is 1.22 bits per heavy atom. The number of hydrogen-bond acceptors (Lipinski definition) is 10. The lowest BCUT2D eigenvalue weighted by molar-refractivity contribution is -0.172. The minimum Gasteiger partial charge on any atom is -0.458 e. The molecule has 1 atom stereocenters. The van der Waals surface area contributed by atoms with Crippen LogP contribution in [0, 0.1) is 0 Å². The molecule has 2 aromatic heterocycles. The van der Waals surface area contributed by atoms with Gasteiger partial charge in [0.1, 0.15) is 13.3 Å². The molecule has 1 amide bonds. The molecule has 12 heteroatoms. The zero-order chi connectivity index (χ0) is 25.9. The summed E-state index contributed by atoms with van der Waals surface area (Å²) in [5.41, 5.74) is 6.68. The van der Waals surface area contributed by atoms with Crippen LogP contribution in [0.15, 0.2) is 23.0 Å². The van der Waals surface area contributed by atoms with Crippen molar-refractivity contribution in [1.29, 1.82) is 0 Å². The molecule has 0 saturated heterocycles. The van der Waals surface area contributed by atoms with Crippen molar-refractivity contribution < 1.29 is 33.6 Å². The Morgan fingerprint density at radius 2 is 2.00 bits per heavy atom. The summed E-state index contributed by atoms with van der Waals surface area (Å²) in [5.74, 6) is -0.0134. The monoisotopic (exact) mass is 508 g/mol. The second kappa shape index (κ2) is 8.54. The van der Waals surface area contributed by atoms with Gasteiger partial charge in [0, 0.05) is 22.6 Å². The number of rotatable bonds is 6. The molecule has 0 spiro atoms. The average Bonchev–Trinajstić information content (AvgIpc) is 3.51. The number of nitrogens with zero attached hydrogens (tertiary/aromatic N) is 2. The maximum absolute atomic E-state index is 13.5. The van der Waals surface area contributed by atoms with E-state index in [0.717, 1.165) is 16.5 Å². The second-order valence-corrected chi connectivity index (χ2v) is 9.04. The number of aliphatic hydroxyl groups is 1. The minimum atomic E-state index is -1.92. The predicted molar refractivity (Wildman–Crippen MR) is 128 cm³/mol. The molecule has 3 aliphatic heterocycles. The van der Waals surface area contributed by atoms with Crippen LogP contribution in [0.5, 0.6) is 11.5 Å². The number of cyclic esters (lactones) is 1. The molecule has 3 aliphatic rings. The minimum absolute atomic E-state index is 0.0522. The maximum Gasteiger partial charge on any atom is 0.343 e. The van der Waals surface area contributed by atoms with Gasteiger partial charge in [0.2, 0.25) is 12.7 Å². The molecular formula is C25H24N4O8. The summed E-state index contributed by atoms with van der Waals surface area (Å²) in [6, 6.07) is 5.24. The van der Waals surface area contributed by atoms with E-state index in [4.69, 9.17) is 29.7 Å². The van der Waals surface area contributed by atoms with E-state index in [-0.39, 0.29) is 68.8 Å². The Morgan fingerprint density at radius 3 is 2.76 bits per heavy atom. The smallest absolute Gasteiger partial charge is 0.343 e. The number of esters is 1. The standard InChI is InChI=1S/C25H24N4O8/c1-2-25(33)16-4-18-22-13(7-29(18)23(31)15(16)9-35-24(25)32)14(8-34-10-27-21(30)6-26)12-3-19-20(37-11-36-19)5-17(12)28-22/h3-5,33H,2,6-11,26H2,1H3,(H,27,30)/t25-/m0/s1. The van der Waals surface area contributed by atoms with Gasteiger partial charge in [0.15, 0.2) is 17.1 Å². The van der Waals surface area contributed by atoms with Crippen LogP contribution < -0.4 is 26.1 Å². The van der Waals surface area contributed by atoms with Crippen molar-refractivity contribution in [2.75, 3.05) is 20.1 Å². The zero-order valence-corrected chi connectivity index (χ0v) is 20.0. The molecule has 0 radical (unpaired) electrons. The lowest BCUT2D eigenvalue weighted by atomic mass is 9.86. The number of ether oxygens (including phenoxy) is 4. The third kappa shape index (κ3) is 3.48. The number of hydrogen-bond donors (Lipinski definition) is 3. The summed E-state index contributed by atoms with van der Waals surface area (Å²) >= 11 is 0. The normalized spacial score (nSPS) is 18.8. The van der Waals surface area contributed by atoms with E-state index in [1.807, 2.05) is 6.07 Å². The van der Waals surface area contributed by atoms with Gasteiger partial charge in [0.25, 0.3) is 5.56 Å². The number of nitrogens with one attached hydrogen (secondary N) is 1. The molecule has 6 rings (SSSR count). The molecule has 5 heterocycles. The van der Waals surface area contributed by atoms with Crippen LogP contribution in [-0.2, 0) is 44.4 Å². The molecule has 0 unspecified atom stereocenters. The zero-order valence-electron chi connectivity index (χ0n) is 20.0. The highest BCUT2D eigenvalue weighted by molar-refractivity contribution is 5.91. The van der Waals surface area contributed by atoms with Gasteiger partial charge in [-0.3, -0.25) is 9.59 Å². The lowest BCUT2D eigenvalue weighted by Gasteiger charge is -2.31. The second-order valence-electron chi connectivity index (χ2n) is 9.04. The van der Waals surface area contributed by atoms with E-state index in [1.165, 1.54) is 0 Å². The molecule has 3 aromatic rings. The van der Waals surface area contributed by atoms with E-state index in [1.54, 1.807) is 23.6 Å². The summed E-state index contributed by atoms with van der Waals surface area (Å²) in [4.78, 5) is 42.3. The number of carbonyl (C=O) groups is 2. The highest BCUT2D eigenvalue weighted by atomic mass is 16.7. The van der Waals surface area contributed by atoms with Crippen molar-refractivity contribution in [3.8, 4) is 22.9 Å².